The molecule has 51 heavy (non-hydrogen) atoms. The summed E-state index contributed by atoms with van der Waals surface area (Å²) in [6.45, 7) is 5.73. The van der Waals surface area contributed by atoms with Gasteiger partial charge in [0.15, 0.2) is 0 Å². The summed E-state index contributed by atoms with van der Waals surface area (Å²) >= 11 is 0. The molecular weight excluding hydrogens is 691 g/mol. The van der Waals surface area contributed by atoms with Crippen LogP contribution in [0.3, 0.4) is 0 Å². The zero-order valence-electron chi connectivity index (χ0n) is 27.8. The Morgan fingerprint density at radius 1 is 0.804 bits per heavy atom. The molecule has 1 aromatic carbocycles. The molecule has 0 radical (unpaired) electrons. The highest BCUT2D eigenvalue weighted by atomic mass is 19.4. The Morgan fingerprint density at radius 3 is 1.94 bits per heavy atom. The van der Waals surface area contributed by atoms with Crippen LogP contribution in [0.2, 0.25) is 0 Å². The summed E-state index contributed by atoms with van der Waals surface area (Å²) in [5.74, 6) is -8.09. The first-order valence-electron chi connectivity index (χ1n) is 15.3. The fraction of sp³-hybridized carbons (Fsp3) is 0.484. The number of aliphatic hydroxyl groups is 1. The molecule has 5 atom stereocenters. The number of carbonyl (C=O) groups is 7. The molecule has 8 N–H and O–H groups in total. The van der Waals surface area contributed by atoms with Crippen molar-refractivity contribution in [2.75, 3.05) is 5.32 Å². The predicted octanol–water partition coefficient (Wildman–Crippen LogP) is 0.476. The molecule has 0 aliphatic rings. The zero-order valence-corrected chi connectivity index (χ0v) is 27.8. The average Bonchev–Trinajstić information content (AvgIpc) is 2.98. The van der Waals surface area contributed by atoms with E-state index in [1.165, 1.54) is 0 Å². The van der Waals surface area contributed by atoms with E-state index in [4.69, 9.17) is 9.52 Å². The monoisotopic (exact) mass is 729 g/mol. The highest BCUT2D eigenvalue weighted by molar-refractivity contribution is 6.01. The highest BCUT2D eigenvalue weighted by Gasteiger charge is 2.36. The molecule has 0 bridgehead atoms. The maximum atomic E-state index is 13.4. The number of aliphatic carboxylic acids is 2. The molecule has 0 aliphatic heterocycles. The van der Waals surface area contributed by atoms with Crippen molar-refractivity contribution in [1.29, 1.82) is 0 Å². The van der Waals surface area contributed by atoms with E-state index in [2.05, 4.69) is 26.6 Å². The van der Waals surface area contributed by atoms with Crippen molar-refractivity contribution in [3.63, 3.8) is 0 Å². The second-order valence-corrected chi connectivity index (χ2v) is 11.9. The minimum Gasteiger partial charge on any atom is -0.481 e. The van der Waals surface area contributed by atoms with Crippen LogP contribution in [0.4, 0.5) is 18.9 Å². The molecule has 0 fully saturated rings. The first-order chi connectivity index (χ1) is 23.6. The number of carboxylic acid groups (broad SMARTS) is 2. The lowest BCUT2D eigenvalue weighted by Crippen LogP contribution is -2.60. The lowest BCUT2D eigenvalue weighted by atomic mass is 10.0. The molecule has 20 heteroatoms. The van der Waals surface area contributed by atoms with Crippen molar-refractivity contribution in [3.05, 3.63) is 40.2 Å². The summed E-state index contributed by atoms with van der Waals surface area (Å²) in [7, 11) is 0. The number of hydrogen-bond acceptors (Lipinski definition) is 10. The van der Waals surface area contributed by atoms with E-state index >= 15 is 0 Å². The Kier molecular flexibility index (Phi) is 14.6. The number of rotatable bonds is 17. The summed E-state index contributed by atoms with van der Waals surface area (Å²) in [6, 6.07) is -3.52. The topological polar surface area (TPSA) is 271 Å². The number of hydrogen-bond donors (Lipinski definition) is 8. The second-order valence-electron chi connectivity index (χ2n) is 11.9. The third-order valence-electron chi connectivity index (χ3n) is 7.07. The van der Waals surface area contributed by atoms with Crippen LogP contribution in [-0.2, 0) is 39.7 Å². The van der Waals surface area contributed by atoms with Gasteiger partial charge in [0, 0.05) is 36.6 Å². The average molecular weight is 730 g/mol. The van der Waals surface area contributed by atoms with E-state index in [1.54, 1.807) is 13.8 Å². The van der Waals surface area contributed by atoms with Crippen LogP contribution in [0.1, 0.15) is 58.9 Å². The van der Waals surface area contributed by atoms with Gasteiger partial charge in [-0.15, -0.1) is 0 Å². The van der Waals surface area contributed by atoms with Gasteiger partial charge >= 0.3 is 23.7 Å². The number of amides is 5. The first-order valence-corrected chi connectivity index (χ1v) is 15.3. The Hall–Kier alpha value is -5.53. The second kappa shape index (κ2) is 17.9. The van der Waals surface area contributed by atoms with Crippen LogP contribution in [0, 0.1) is 5.92 Å². The fourth-order valence-electron chi connectivity index (χ4n) is 4.77. The molecule has 5 amide bonds. The fourth-order valence-corrected chi connectivity index (χ4v) is 4.77. The maximum absolute atomic E-state index is 13.4. The van der Waals surface area contributed by atoms with Crippen LogP contribution in [0.15, 0.2) is 33.5 Å². The van der Waals surface area contributed by atoms with E-state index in [0.717, 1.165) is 32.0 Å². The largest absolute Gasteiger partial charge is 0.481 e. The Labute approximate surface area is 287 Å². The molecule has 0 spiro atoms. The molecule has 1 aromatic heterocycles. The molecular formula is C31H38F3N5O12. The Morgan fingerprint density at radius 2 is 1.41 bits per heavy atom. The van der Waals surface area contributed by atoms with Gasteiger partial charge in [0.05, 0.1) is 18.1 Å². The Bertz CT molecular complexity index is 1710. The van der Waals surface area contributed by atoms with Crippen LogP contribution in [-0.4, -0.2) is 87.1 Å². The van der Waals surface area contributed by atoms with Gasteiger partial charge in [-0.05, 0) is 37.8 Å². The first kappa shape index (κ1) is 41.6. The number of benzene rings is 1. The summed E-state index contributed by atoms with van der Waals surface area (Å²) in [6.07, 6.45) is -8.66. The minimum atomic E-state index is -4.92. The van der Waals surface area contributed by atoms with E-state index in [-0.39, 0.29) is 24.1 Å². The van der Waals surface area contributed by atoms with E-state index in [0.29, 0.717) is 0 Å². The van der Waals surface area contributed by atoms with Crippen molar-refractivity contribution < 1.29 is 66.5 Å². The summed E-state index contributed by atoms with van der Waals surface area (Å²) in [4.78, 5) is 98.7. The number of fused-ring (bicyclic) bond motifs is 1. The molecule has 0 unspecified atom stereocenters. The quantitative estimate of drug-likeness (QED) is 0.103. The van der Waals surface area contributed by atoms with Gasteiger partial charge in [-0.3, -0.25) is 33.6 Å². The van der Waals surface area contributed by atoms with Crippen LogP contribution in [0.5, 0.6) is 0 Å². The number of nitrogens with one attached hydrogen (secondary N) is 5. The molecule has 280 valence electrons. The molecule has 1 heterocycles. The minimum absolute atomic E-state index is 0.0951. The van der Waals surface area contributed by atoms with Crippen molar-refractivity contribution in [2.45, 2.75) is 89.8 Å². The van der Waals surface area contributed by atoms with Crippen molar-refractivity contribution in [1.82, 2.24) is 21.3 Å². The van der Waals surface area contributed by atoms with E-state index in [9.17, 15) is 61.7 Å². The van der Waals surface area contributed by atoms with Crippen LogP contribution in [0.25, 0.3) is 11.0 Å². The third kappa shape index (κ3) is 13.0. The smallest absolute Gasteiger partial charge is 0.417 e. The number of carboxylic acids is 2. The number of halogens is 3. The number of alkyl halides is 3. The lowest BCUT2D eigenvalue weighted by Gasteiger charge is -2.27. The SMILES string of the molecule is CC(=O)N[C@H](CC(C)C)C(=O)N[C@H](CCC(=O)O)C(=O)N[C@H](C(=O)N[C@H](CC(=O)O)C(=O)Nc1ccc2c(C(F)(F)F)cc(=O)oc2c1)[C@@H](C)O. The Balaban J connectivity index is 2.31. The molecule has 2 rings (SSSR count). The lowest BCUT2D eigenvalue weighted by molar-refractivity contribution is -0.141. The molecule has 0 aliphatic carbocycles. The normalized spacial score (nSPS) is 14.4. The number of aliphatic hydroxyl groups excluding tert-OH is 1. The third-order valence-corrected chi connectivity index (χ3v) is 7.07. The van der Waals surface area contributed by atoms with Gasteiger partial charge in [0.2, 0.25) is 29.5 Å². The van der Waals surface area contributed by atoms with Gasteiger partial charge < -0.3 is 46.3 Å². The van der Waals surface area contributed by atoms with E-state index in [1.807, 2.05) is 0 Å². The van der Waals surface area contributed by atoms with Crippen molar-refractivity contribution >= 4 is 58.1 Å². The van der Waals surface area contributed by atoms with Gasteiger partial charge in [-0.2, -0.15) is 13.2 Å². The number of carbonyl (C=O) groups excluding carboxylic acids is 5. The van der Waals surface area contributed by atoms with Crippen LogP contribution >= 0.6 is 0 Å². The molecule has 2 aromatic rings. The van der Waals surface area contributed by atoms with Gasteiger partial charge in [0.1, 0.15) is 29.8 Å². The summed E-state index contributed by atoms with van der Waals surface area (Å²) in [5, 5.41) is 39.5. The predicted molar refractivity (Wildman–Crippen MR) is 170 cm³/mol. The zero-order chi connectivity index (χ0) is 38.8. The summed E-state index contributed by atoms with van der Waals surface area (Å²) in [5.41, 5.74) is -3.47. The standard InChI is InChI=1S/C31H38F3N5O12/c1-13(2)9-20(35-15(4)41)29(49)37-19(7-8-23(42)43)27(47)39-26(14(3)40)30(50)38-21(12-24(44)45)28(48)36-16-5-6-17-18(31(32,33)34)11-25(46)51-22(17)10-16/h5-6,10-11,13-14,19-21,26,40H,7-9,12H2,1-4H3,(H,35,41)(H,36,48)(H,37,49)(H,38,50)(H,39,47)(H,42,43)(H,44,45)/t14-,19-,20-,21-,26+/m1/s1. The molecule has 0 saturated heterocycles. The molecule has 0 saturated carbocycles. The van der Waals surface area contributed by atoms with Gasteiger partial charge in [0.25, 0.3) is 0 Å². The molecule has 17 nitrogen and oxygen atoms in total. The van der Waals surface area contributed by atoms with Crippen molar-refractivity contribution in [3.8, 4) is 0 Å². The van der Waals surface area contributed by atoms with Crippen LogP contribution < -0.4 is 32.2 Å². The van der Waals surface area contributed by atoms with E-state index < -0.39 is 119 Å². The summed E-state index contributed by atoms with van der Waals surface area (Å²) < 4.78 is 45.0. The highest BCUT2D eigenvalue weighted by Crippen LogP contribution is 2.34. The van der Waals surface area contributed by atoms with Gasteiger partial charge in [-0.1, -0.05) is 13.8 Å². The van der Waals surface area contributed by atoms with Crippen molar-refractivity contribution in [2.24, 2.45) is 5.92 Å². The number of anilines is 1. The maximum Gasteiger partial charge on any atom is 0.417 e. The van der Waals surface area contributed by atoms with Gasteiger partial charge in [-0.25, -0.2) is 4.79 Å².